The van der Waals surface area contributed by atoms with Crippen LogP contribution in [0.25, 0.3) is 0 Å². The molecule has 0 saturated heterocycles. The fourth-order valence-corrected chi connectivity index (χ4v) is 1.15. The molecular formula is C11H18N2O2. The number of carbonyl (C=O) groups excluding carboxylic acids is 1. The molecule has 0 N–H and O–H groups in total. The number of hydrogen-bond donors (Lipinski definition) is 0. The topological polar surface area (TPSA) is 44.1 Å². The van der Waals surface area contributed by atoms with Crippen molar-refractivity contribution < 1.29 is 9.53 Å². The van der Waals surface area contributed by atoms with Crippen LogP contribution in [0, 0.1) is 5.92 Å². The zero-order chi connectivity index (χ0) is 11.1. The Balaban J connectivity index is 2.12. The molecule has 0 aliphatic carbocycles. The van der Waals surface area contributed by atoms with E-state index >= 15 is 0 Å². The Morgan fingerprint density at radius 3 is 2.93 bits per heavy atom. The molecule has 0 amide bonds. The molecule has 0 unspecified atom stereocenters. The highest BCUT2D eigenvalue weighted by Crippen LogP contribution is 1.99. The first kappa shape index (κ1) is 11.9. The SMILES string of the molecule is CC(C)CCOCCn1cnc(C=O)c1. The maximum Gasteiger partial charge on any atom is 0.169 e. The van der Waals surface area contributed by atoms with Crippen molar-refractivity contribution in [1.29, 1.82) is 0 Å². The summed E-state index contributed by atoms with van der Waals surface area (Å²) in [6.07, 6.45) is 5.20. The standard InChI is InChI=1S/C11H18N2O2/c1-10(2)3-5-15-6-4-13-7-11(8-14)12-9-13/h7-10H,3-6H2,1-2H3. The second kappa shape index (κ2) is 6.35. The number of aromatic nitrogens is 2. The molecule has 4 nitrogen and oxygen atoms in total. The van der Waals surface area contributed by atoms with E-state index in [1.165, 1.54) is 0 Å². The zero-order valence-corrected chi connectivity index (χ0v) is 9.35. The molecule has 0 aromatic carbocycles. The van der Waals surface area contributed by atoms with Crippen LogP contribution in [0.2, 0.25) is 0 Å². The van der Waals surface area contributed by atoms with Gasteiger partial charge in [0.05, 0.1) is 12.9 Å². The maximum absolute atomic E-state index is 10.4. The van der Waals surface area contributed by atoms with E-state index in [1.807, 2.05) is 4.57 Å². The van der Waals surface area contributed by atoms with Gasteiger partial charge in [0.1, 0.15) is 5.69 Å². The number of rotatable bonds is 7. The molecular weight excluding hydrogens is 192 g/mol. The smallest absolute Gasteiger partial charge is 0.169 e. The molecule has 0 bridgehead atoms. The normalized spacial score (nSPS) is 10.9. The second-order valence-corrected chi connectivity index (χ2v) is 3.95. The predicted molar refractivity (Wildman–Crippen MR) is 57.9 cm³/mol. The van der Waals surface area contributed by atoms with Crippen molar-refractivity contribution in [3.05, 3.63) is 18.2 Å². The largest absolute Gasteiger partial charge is 0.380 e. The number of carbonyl (C=O) groups is 1. The monoisotopic (exact) mass is 210 g/mol. The third kappa shape index (κ3) is 4.74. The minimum absolute atomic E-state index is 0.470. The highest BCUT2D eigenvalue weighted by Gasteiger charge is 1.97. The minimum Gasteiger partial charge on any atom is -0.380 e. The van der Waals surface area contributed by atoms with Gasteiger partial charge in [0.25, 0.3) is 0 Å². The average molecular weight is 210 g/mol. The molecule has 0 radical (unpaired) electrons. The summed E-state index contributed by atoms with van der Waals surface area (Å²) in [7, 11) is 0. The lowest BCUT2D eigenvalue weighted by atomic mass is 10.1. The fourth-order valence-electron chi connectivity index (χ4n) is 1.15. The number of nitrogens with zero attached hydrogens (tertiary/aromatic N) is 2. The van der Waals surface area contributed by atoms with Crippen LogP contribution < -0.4 is 0 Å². The summed E-state index contributed by atoms with van der Waals surface area (Å²) in [6.45, 7) is 6.57. The van der Waals surface area contributed by atoms with Crippen LogP contribution in [-0.2, 0) is 11.3 Å². The van der Waals surface area contributed by atoms with E-state index in [-0.39, 0.29) is 0 Å². The molecule has 0 aliphatic heterocycles. The first-order chi connectivity index (χ1) is 7.22. The Morgan fingerprint density at radius 1 is 1.53 bits per heavy atom. The average Bonchev–Trinajstić information content (AvgIpc) is 2.65. The number of imidazole rings is 1. The van der Waals surface area contributed by atoms with E-state index in [0.29, 0.717) is 18.2 Å². The van der Waals surface area contributed by atoms with Gasteiger partial charge in [-0.1, -0.05) is 13.8 Å². The number of aldehydes is 1. The third-order valence-corrected chi connectivity index (χ3v) is 2.11. The third-order valence-electron chi connectivity index (χ3n) is 2.11. The van der Waals surface area contributed by atoms with E-state index in [4.69, 9.17) is 4.74 Å². The van der Waals surface area contributed by atoms with Gasteiger partial charge in [-0.05, 0) is 12.3 Å². The van der Waals surface area contributed by atoms with Crippen molar-refractivity contribution in [3.8, 4) is 0 Å². The Labute approximate surface area is 90.3 Å². The fraction of sp³-hybridized carbons (Fsp3) is 0.636. The zero-order valence-electron chi connectivity index (χ0n) is 9.35. The van der Waals surface area contributed by atoms with Gasteiger partial charge < -0.3 is 9.30 Å². The highest BCUT2D eigenvalue weighted by atomic mass is 16.5. The molecule has 1 heterocycles. The van der Waals surface area contributed by atoms with Crippen LogP contribution in [0.3, 0.4) is 0 Å². The summed E-state index contributed by atoms with van der Waals surface area (Å²) < 4.78 is 7.31. The summed E-state index contributed by atoms with van der Waals surface area (Å²) in [5.74, 6) is 0.680. The van der Waals surface area contributed by atoms with Gasteiger partial charge in [0, 0.05) is 19.3 Å². The van der Waals surface area contributed by atoms with Crippen molar-refractivity contribution in [3.63, 3.8) is 0 Å². The van der Waals surface area contributed by atoms with E-state index in [0.717, 1.165) is 25.9 Å². The lowest BCUT2D eigenvalue weighted by molar-refractivity contribution is 0.111. The number of ether oxygens (including phenoxy) is 1. The van der Waals surface area contributed by atoms with Crippen LogP contribution in [0.1, 0.15) is 30.8 Å². The Morgan fingerprint density at radius 2 is 2.33 bits per heavy atom. The Hall–Kier alpha value is -1.16. The highest BCUT2D eigenvalue weighted by molar-refractivity contribution is 5.70. The van der Waals surface area contributed by atoms with E-state index in [1.54, 1.807) is 12.5 Å². The van der Waals surface area contributed by atoms with Crippen LogP contribution >= 0.6 is 0 Å². The number of hydrogen-bond acceptors (Lipinski definition) is 3. The second-order valence-electron chi connectivity index (χ2n) is 3.95. The van der Waals surface area contributed by atoms with Crippen molar-refractivity contribution in [2.45, 2.75) is 26.8 Å². The van der Waals surface area contributed by atoms with Crippen molar-refractivity contribution in [2.24, 2.45) is 5.92 Å². The summed E-state index contributed by atoms with van der Waals surface area (Å²) >= 11 is 0. The molecule has 1 aromatic rings. The van der Waals surface area contributed by atoms with E-state index in [2.05, 4.69) is 18.8 Å². The van der Waals surface area contributed by atoms with Crippen molar-refractivity contribution >= 4 is 6.29 Å². The lowest BCUT2D eigenvalue weighted by Gasteiger charge is -2.06. The van der Waals surface area contributed by atoms with Crippen LogP contribution in [0.4, 0.5) is 0 Å². The molecule has 0 fully saturated rings. The first-order valence-corrected chi connectivity index (χ1v) is 5.27. The molecule has 0 saturated carbocycles. The van der Waals surface area contributed by atoms with E-state index in [9.17, 15) is 4.79 Å². The molecule has 4 heteroatoms. The summed E-state index contributed by atoms with van der Waals surface area (Å²) in [5.41, 5.74) is 0.470. The van der Waals surface area contributed by atoms with Crippen LogP contribution in [-0.4, -0.2) is 29.1 Å². The molecule has 1 aromatic heterocycles. The van der Waals surface area contributed by atoms with Crippen molar-refractivity contribution in [2.75, 3.05) is 13.2 Å². The molecule has 1 rings (SSSR count). The van der Waals surface area contributed by atoms with E-state index < -0.39 is 0 Å². The Bertz CT molecular complexity index is 295. The first-order valence-electron chi connectivity index (χ1n) is 5.27. The van der Waals surface area contributed by atoms with Gasteiger partial charge in [0.15, 0.2) is 6.29 Å². The molecule has 0 aliphatic rings. The Kier molecular flexibility index (Phi) is 5.04. The van der Waals surface area contributed by atoms with Gasteiger partial charge in [-0.3, -0.25) is 4.79 Å². The van der Waals surface area contributed by atoms with Gasteiger partial charge in [0.2, 0.25) is 0 Å². The predicted octanol–water partition coefficient (Wildman–Crippen LogP) is 1.76. The lowest BCUT2D eigenvalue weighted by Crippen LogP contribution is -2.06. The summed E-state index contributed by atoms with van der Waals surface area (Å²) in [6, 6.07) is 0. The van der Waals surface area contributed by atoms with Crippen LogP contribution in [0.5, 0.6) is 0 Å². The van der Waals surface area contributed by atoms with Gasteiger partial charge >= 0.3 is 0 Å². The molecule has 0 atom stereocenters. The summed E-state index contributed by atoms with van der Waals surface area (Å²) in [4.78, 5) is 14.3. The molecule has 15 heavy (non-hydrogen) atoms. The van der Waals surface area contributed by atoms with Crippen molar-refractivity contribution in [1.82, 2.24) is 9.55 Å². The summed E-state index contributed by atoms with van der Waals surface area (Å²) in [5, 5.41) is 0. The van der Waals surface area contributed by atoms with Crippen LogP contribution in [0.15, 0.2) is 12.5 Å². The minimum atomic E-state index is 0.470. The quantitative estimate of drug-likeness (QED) is 0.509. The van der Waals surface area contributed by atoms with Gasteiger partial charge in [-0.2, -0.15) is 0 Å². The maximum atomic E-state index is 10.4. The van der Waals surface area contributed by atoms with Gasteiger partial charge in [-0.25, -0.2) is 4.98 Å². The van der Waals surface area contributed by atoms with Gasteiger partial charge in [-0.15, -0.1) is 0 Å². The molecule has 84 valence electrons. The molecule has 0 spiro atoms.